The van der Waals surface area contributed by atoms with Crippen LogP contribution in [0.3, 0.4) is 0 Å². The number of halogens is 2. The highest BCUT2D eigenvalue weighted by atomic mass is 19.1. The first-order chi connectivity index (χ1) is 17.4. The van der Waals surface area contributed by atoms with Gasteiger partial charge in [-0.05, 0) is 104 Å². The average molecular weight is 513 g/mol. The van der Waals surface area contributed by atoms with E-state index in [2.05, 4.69) is 26.0 Å². The van der Waals surface area contributed by atoms with Crippen LogP contribution in [0.25, 0.3) is 11.1 Å². The Balaban J connectivity index is 0.00000380. The van der Waals surface area contributed by atoms with Gasteiger partial charge in [0.1, 0.15) is 0 Å². The molecule has 37 heavy (non-hydrogen) atoms. The summed E-state index contributed by atoms with van der Waals surface area (Å²) in [5, 5.41) is 0. The molecule has 1 unspecified atom stereocenters. The van der Waals surface area contributed by atoms with Crippen LogP contribution in [-0.4, -0.2) is 6.10 Å². The normalized spacial score (nSPS) is 23.5. The summed E-state index contributed by atoms with van der Waals surface area (Å²) in [5.74, 6) is -1.48. The lowest BCUT2D eigenvalue weighted by atomic mass is 9.51. The first-order valence-electron chi connectivity index (χ1n) is 14.7. The second kappa shape index (κ2) is 13.3. The third-order valence-electron chi connectivity index (χ3n) is 9.32. The van der Waals surface area contributed by atoms with E-state index in [-0.39, 0.29) is 19.3 Å². The summed E-state index contributed by atoms with van der Waals surface area (Å²) in [7, 11) is 0. The Morgan fingerprint density at radius 3 is 1.89 bits per heavy atom. The molecule has 0 heterocycles. The second-order valence-corrected chi connectivity index (χ2v) is 11.9. The molecule has 3 saturated carbocycles. The Kier molecular flexibility index (Phi) is 10.6. The van der Waals surface area contributed by atoms with Gasteiger partial charge in [-0.1, -0.05) is 84.1 Å². The number of ether oxygens (including phenoxy) is 1. The van der Waals surface area contributed by atoms with Crippen LogP contribution in [0.1, 0.15) is 130 Å². The quantitative estimate of drug-likeness (QED) is 0.242. The van der Waals surface area contributed by atoms with Gasteiger partial charge in [-0.2, -0.15) is 0 Å². The van der Waals surface area contributed by atoms with Crippen molar-refractivity contribution in [2.24, 2.45) is 5.41 Å². The van der Waals surface area contributed by atoms with E-state index >= 15 is 0 Å². The first-order valence-corrected chi connectivity index (χ1v) is 14.7. The van der Waals surface area contributed by atoms with Crippen LogP contribution in [0.15, 0.2) is 36.4 Å². The molecule has 1 nitrogen and oxygen atoms in total. The van der Waals surface area contributed by atoms with E-state index in [4.69, 9.17) is 4.74 Å². The summed E-state index contributed by atoms with van der Waals surface area (Å²) in [6.45, 7) is 6.35. The fourth-order valence-corrected chi connectivity index (χ4v) is 6.80. The van der Waals surface area contributed by atoms with Gasteiger partial charge in [0, 0.05) is 0 Å². The van der Waals surface area contributed by atoms with Crippen LogP contribution in [0.4, 0.5) is 8.78 Å². The number of unbranched alkanes of at least 4 members (excludes halogenated alkanes) is 5. The molecule has 0 N–H and O–H groups in total. The smallest absolute Gasteiger partial charge is 0.191 e. The van der Waals surface area contributed by atoms with Crippen LogP contribution >= 0.6 is 0 Å². The van der Waals surface area contributed by atoms with Gasteiger partial charge in [-0.25, -0.2) is 8.78 Å². The minimum atomic E-state index is -0.618. The molecule has 3 aliphatic rings. The van der Waals surface area contributed by atoms with Gasteiger partial charge >= 0.3 is 0 Å². The van der Waals surface area contributed by atoms with Crippen molar-refractivity contribution in [3.05, 3.63) is 53.6 Å². The van der Waals surface area contributed by atoms with Gasteiger partial charge in [-0.15, -0.1) is 0 Å². The summed E-state index contributed by atoms with van der Waals surface area (Å²) in [6.07, 6.45) is 18.5. The SMILES string of the molecule is C.CCCCCCC(C)Oc1c(F)cc(-c2ccc(C34CCC(CCCCC)(CC3)CC4)cc2)cc1F. The Morgan fingerprint density at radius 2 is 1.32 bits per heavy atom. The van der Waals surface area contributed by atoms with Gasteiger partial charge < -0.3 is 4.74 Å². The third-order valence-corrected chi connectivity index (χ3v) is 9.32. The highest BCUT2D eigenvalue weighted by Crippen LogP contribution is 2.59. The highest BCUT2D eigenvalue weighted by Gasteiger charge is 2.48. The molecule has 0 aromatic heterocycles. The molecule has 0 aliphatic heterocycles. The number of rotatable bonds is 13. The van der Waals surface area contributed by atoms with Crippen molar-refractivity contribution in [2.45, 2.75) is 136 Å². The topological polar surface area (TPSA) is 9.23 Å². The number of hydrogen-bond acceptors (Lipinski definition) is 1. The van der Waals surface area contributed by atoms with E-state index in [9.17, 15) is 8.78 Å². The van der Waals surface area contributed by atoms with E-state index in [0.717, 1.165) is 24.8 Å². The zero-order valence-electron chi connectivity index (χ0n) is 22.8. The van der Waals surface area contributed by atoms with Crippen molar-refractivity contribution in [1.82, 2.24) is 0 Å². The van der Waals surface area contributed by atoms with Crippen molar-refractivity contribution in [1.29, 1.82) is 0 Å². The Bertz CT molecular complexity index is 932. The van der Waals surface area contributed by atoms with Crippen LogP contribution < -0.4 is 4.74 Å². The maximum absolute atomic E-state index is 14.9. The van der Waals surface area contributed by atoms with Crippen molar-refractivity contribution >= 4 is 0 Å². The molecular formula is C34H50F2O. The molecule has 3 fully saturated rings. The summed E-state index contributed by atoms with van der Waals surface area (Å²) >= 11 is 0. The molecular weight excluding hydrogens is 462 g/mol. The molecule has 0 amide bonds. The molecule has 0 radical (unpaired) electrons. The lowest BCUT2D eigenvalue weighted by Gasteiger charge is -2.54. The van der Waals surface area contributed by atoms with E-state index < -0.39 is 11.6 Å². The lowest BCUT2D eigenvalue weighted by molar-refractivity contribution is 0.0305. The molecule has 1 atom stereocenters. The number of hydrogen-bond donors (Lipinski definition) is 0. The predicted octanol–water partition coefficient (Wildman–Crippen LogP) is 11.2. The number of fused-ring (bicyclic) bond motifs is 3. The molecule has 2 aromatic carbocycles. The minimum Gasteiger partial charge on any atom is -0.485 e. The summed E-state index contributed by atoms with van der Waals surface area (Å²) in [5.41, 5.74) is 3.73. The van der Waals surface area contributed by atoms with Crippen LogP contribution in [0.2, 0.25) is 0 Å². The molecule has 0 spiro atoms. The molecule has 2 aromatic rings. The van der Waals surface area contributed by atoms with Gasteiger partial charge in [0.05, 0.1) is 6.10 Å². The first kappa shape index (κ1) is 29.7. The van der Waals surface area contributed by atoms with E-state index in [0.29, 0.717) is 16.4 Å². The Hall–Kier alpha value is -1.90. The lowest BCUT2D eigenvalue weighted by Crippen LogP contribution is -2.44. The molecule has 5 rings (SSSR count). The number of benzene rings is 2. The van der Waals surface area contributed by atoms with Gasteiger partial charge in [0.15, 0.2) is 17.4 Å². The minimum absolute atomic E-state index is 0. The highest BCUT2D eigenvalue weighted by molar-refractivity contribution is 5.65. The van der Waals surface area contributed by atoms with Crippen LogP contribution in [0, 0.1) is 17.0 Å². The Morgan fingerprint density at radius 1 is 0.757 bits per heavy atom. The van der Waals surface area contributed by atoms with Gasteiger partial charge in [0.25, 0.3) is 0 Å². The zero-order chi connectivity index (χ0) is 25.6. The van der Waals surface area contributed by atoms with E-state index in [1.54, 1.807) is 0 Å². The largest absolute Gasteiger partial charge is 0.485 e. The van der Waals surface area contributed by atoms with Crippen LogP contribution in [0.5, 0.6) is 5.75 Å². The fourth-order valence-electron chi connectivity index (χ4n) is 6.80. The predicted molar refractivity (Wildman–Crippen MR) is 153 cm³/mol. The van der Waals surface area contributed by atoms with Crippen LogP contribution in [-0.2, 0) is 5.41 Å². The standard InChI is InChI=1S/C33H46F2O.CH4/c1-4-6-8-9-11-25(3)36-31-29(34)23-27(24-30(31)35)26-12-14-28(15-13-26)33-20-17-32(18-21-33,19-22-33)16-10-7-5-2;/h12-15,23-25H,4-11,16-22H2,1-3H3;1H4. The maximum atomic E-state index is 14.9. The van der Waals surface area contributed by atoms with Crippen molar-refractivity contribution in [3.8, 4) is 16.9 Å². The molecule has 2 bridgehead atoms. The van der Waals surface area contributed by atoms with Crippen molar-refractivity contribution in [2.75, 3.05) is 0 Å². The van der Waals surface area contributed by atoms with Crippen molar-refractivity contribution in [3.63, 3.8) is 0 Å². The summed E-state index contributed by atoms with van der Waals surface area (Å²) < 4.78 is 35.4. The van der Waals surface area contributed by atoms with Gasteiger partial charge in [0.2, 0.25) is 0 Å². The molecule has 3 heteroatoms. The summed E-state index contributed by atoms with van der Waals surface area (Å²) in [4.78, 5) is 0. The molecule has 206 valence electrons. The Labute approximate surface area is 225 Å². The second-order valence-electron chi connectivity index (χ2n) is 11.9. The van der Waals surface area contributed by atoms with E-state index in [1.807, 2.05) is 19.1 Å². The van der Waals surface area contributed by atoms with Crippen molar-refractivity contribution < 1.29 is 13.5 Å². The third kappa shape index (κ3) is 6.95. The average Bonchev–Trinajstić information content (AvgIpc) is 2.90. The maximum Gasteiger partial charge on any atom is 0.191 e. The summed E-state index contributed by atoms with van der Waals surface area (Å²) in [6, 6.07) is 11.4. The zero-order valence-corrected chi connectivity index (χ0v) is 22.8. The van der Waals surface area contributed by atoms with Gasteiger partial charge in [-0.3, -0.25) is 0 Å². The fraction of sp³-hybridized carbons (Fsp3) is 0.647. The molecule has 3 aliphatic carbocycles. The molecule has 0 saturated heterocycles. The monoisotopic (exact) mass is 512 g/mol. The van der Waals surface area contributed by atoms with E-state index in [1.165, 1.54) is 94.7 Å².